The van der Waals surface area contributed by atoms with Gasteiger partial charge in [0, 0.05) is 6.42 Å². The lowest BCUT2D eigenvalue weighted by Crippen LogP contribution is -2.46. The maximum Gasteiger partial charge on any atom is 0.306 e. The van der Waals surface area contributed by atoms with Crippen LogP contribution >= 0.6 is 0 Å². The molecule has 0 saturated carbocycles. The first kappa shape index (κ1) is 53.1. The summed E-state index contributed by atoms with van der Waals surface area (Å²) in [6.45, 7) is 6.42. The number of aliphatic hydroxyl groups excluding tert-OH is 2. The minimum Gasteiger partial charge on any atom is -0.462 e. The molecule has 6 nitrogen and oxygen atoms in total. The highest BCUT2D eigenvalue weighted by molar-refractivity contribution is 5.77. The number of carbonyl (C=O) groups is 2. The number of allylic oxidation sites excluding steroid dienone is 6. The molecule has 3 N–H and O–H groups in total. The van der Waals surface area contributed by atoms with Gasteiger partial charge in [0.05, 0.1) is 25.2 Å². The Bertz CT molecular complexity index is 915. The van der Waals surface area contributed by atoms with Crippen molar-refractivity contribution in [1.29, 1.82) is 0 Å². The number of esters is 1. The first-order chi connectivity index (χ1) is 27.0. The van der Waals surface area contributed by atoms with Gasteiger partial charge in [-0.1, -0.05) is 211 Å². The molecule has 0 fully saturated rings. The van der Waals surface area contributed by atoms with Crippen LogP contribution < -0.4 is 5.32 Å². The number of hydrogen-bond acceptors (Lipinski definition) is 5. The number of amides is 1. The monoisotopic (exact) mass is 774 g/mol. The van der Waals surface area contributed by atoms with E-state index in [1.54, 1.807) is 0 Å². The van der Waals surface area contributed by atoms with E-state index in [0.29, 0.717) is 19.3 Å². The molecule has 1 amide bonds. The van der Waals surface area contributed by atoms with Crippen molar-refractivity contribution in [1.82, 2.24) is 5.32 Å². The van der Waals surface area contributed by atoms with Gasteiger partial charge in [0.25, 0.3) is 0 Å². The van der Waals surface area contributed by atoms with Crippen LogP contribution in [0.15, 0.2) is 36.5 Å². The molecule has 0 aliphatic rings. The molecule has 0 bridgehead atoms. The third-order valence-electron chi connectivity index (χ3n) is 10.8. The minimum atomic E-state index is -0.786. The summed E-state index contributed by atoms with van der Waals surface area (Å²) in [5.41, 5.74) is 0. The summed E-state index contributed by atoms with van der Waals surface area (Å²) in [5, 5.41) is 23.6. The van der Waals surface area contributed by atoms with Crippen LogP contribution in [0, 0.1) is 0 Å². The summed E-state index contributed by atoms with van der Waals surface area (Å²) in [6.07, 6.45) is 49.2. The smallest absolute Gasteiger partial charge is 0.306 e. The highest BCUT2D eigenvalue weighted by atomic mass is 16.5. The molecule has 0 aromatic heterocycles. The number of unbranched alkanes of at least 4 members (excludes halogenated alkanes) is 26. The van der Waals surface area contributed by atoms with Gasteiger partial charge < -0.3 is 20.3 Å². The molecule has 3 unspecified atom stereocenters. The summed E-state index contributed by atoms with van der Waals surface area (Å²) < 4.78 is 5.89. The van der Waals surface area contributed by atoms with E-state index in [9.17, 15) is 19.8 Å². The Kier molecular flexibility index (Phi) is 41.7. The number of ether oxygens (including phenoxy) is 1. The van der Waals surface area contributed by atoms with Crippen LogP contribution in [-0.4, -0.2) is 46.9 Å². The number of aliphatic hydroxyl groups is 2. The largest absolute Gasteiger partial charge is 0.462 e. The van der Waals surface area contributed by atoms with Crippen LogP contribution in [0.4, 0.5) is 0 Å². The van der Waals surface area contributed by atoms with Gasteiger partial charge in [-0.3, -0.25) is 9.59 Å². The average molecular weight is 774 g/mol. The lowest BCUT2D eigenvalue weighted by molar-refractivity contribution is -0.151. The number of rotatable bonds is 42. The minimum absolute atomic E-state index is 0.0716. The van der Waals surface area contributed by atoms with Gasteiger partial charge in [-0.25, -0.2) is 0 Å². The number of carbonyl (C=O) groups excluding carboxylic acids is 2. The summed E-state index contributed by atoms with van der Waals surface area (Å²) >= 11 is 0. The molecule has 0 radical (unpaired) electrons. The van der Waals surface area contributed by atoms with Crippen LogP contribution in [-0.2, 0) is 14.3 Å². The third kappa shape index (κ3) is 38.7. The van der Waals surface area contributed by atoms with E-state index in [1.807, 2.05) is 0 Å². The van der Waals surface area contributed by atoms with Gasteiger partial charge in [0.15, 0.2) is 0 Å². The van der Waals surface area contributed by atoms with E-state index >= 15 is 0 Å². The van der Waals surface area contributed by atoms with E-state index in [4.69, 9.17) is 4.74 Å². The second-order valence-electron chi connectivity index (χ2n) is 16.2. The van der Waals surface area contributed by atoms with Crippen molar-refractivity contribution in [3.63, 3.8) is 0 Å². The van der Waals surface area contributed by atoms with Gasteiger partial charge in [-0.2, -0.15) is 0 Å². The van der Waals surface area contributed by atoms with E-state index in [1.165, 1.54) is 122 Å². The van der Waals surface area contributed by atoms with Gasteiger partial charge >= 0.3 is 5.97 Å². The molecule has 3 atom stereocenters. The summed E-state index contributed by atoms with van der Waals surface area (Å²) in [4.78, 5) is 25.9. The first-order valence-electron chi connectivity index (χ1n) is 23.7. The molecule has 322 valence electrons. The van der Waals surface area contributed by atoms with E-state index in [-0.39, 0.29) is 24.9 Å². The molecule has 0 heterocycles. The standard InChI is InChI=1S/C49H91NO5/c1-4-7-10-13-16-19-20-21-22-23-24-25-26-27-30-33-36-39-42-49(54)55-45(40-37-34-31-28-17-14-11-8-5-2)43-48(53)50-46(44-51)47(52)41-38-35-32-29-18-15-12-9-6-3/h20-25,45-47,51-52H,4-19,26-44H2,1-3H3,(H,50,53)/b21-20+,23-22+,25-24+. The molecule has 0 aromatic carbocycles. The quantitative estimate of drug-likeness (QED) is 0.0326. The van der Waals surface area contributed by atoms with Gasteiger partial charge in [0.2, 0.25) is 5.91 Å². The third-order valence-corrected chi connectivity index (χ3v) is 10.8. The summed E-state index contributed by atoms with van der Waals surface area (Å²) in [5.74, 6) is -0.494. The second-order valence-corrected chi connectivity index (χ2v) is 16.2. The Labute approximate surface area is 341 Å². The van der Waals surface area contributed by atoms with Crippen LogP contribution in [0.5, 0.6) is 0 Å². The summed E-state index contributed by atoms with van der Waals surface area (Å²) in [6, 6.07) is -0.700. The zero-order chi connectivity index (χ0) is 40.3. The number of hydrogen-bond donors (Lipinski definition) is 3. The van der Waals surface area contributed by atoms with E-state index in [0.717, 1.165) is 70.6 Å². The normalized spacial score (nSPS) is 13.6. The van der Waals surface area contributed by atoms with Crippen LogP contribution in [0.3, 0.4) is 0 Å². The van der Waals surface area contributed by atoms with Crippen LogP contribution in [0.1, 0.15) is 239 Å². The van der Waals surface area contributed by atoms with Gasteiger partial charge in [0.1, 0.15) is 6.10 Å². The Morgan fingerprint density at radius 3 is 1.38 bits per heavy atom. The second kappa shape index (κ2) is 43.2. The van der Waals surface area contributed by atoms with Crippen molar-refractivity contribution in [3.05, 3.63) is 36.5 Å². The zero-order valence-corrected chi connectivity index (χ0v) is 36.6. The molecule has 6 heteroatoms. The Balaban J connectivity index is 4.51. The molecule has 0 aliphatic heterocycles. The fourth-order valence-electron chi connectivity index (χ4n) is 7.14. The van der Waals surface area contributed by atoms with Crippen LogP contribution in [0.2, 0.25) is 0 Å². The average Bonchev–Trinajstić information content (AvgIpc) is 3.18. The highest BCUT2D eigenvalue weighted by Crippen LogP contribution is 2.17. The first-order valence-corrected chi connectivity index (χ1v) is 23.7. The maximum absolute atomic E-state index is 13.1. The molecule has 55 heavy (non-hydrogen) atoms. The molecule has 0 saturated heterocycles. The lowest BCUT2D eigenvalue weighted by Gasteiger charge is -2.24. The van der Waals surface area contributed by atoms with Crippen molar-refractivity contribution in [2.45, 2.75) is 257 Å². The summed E-state index contributed by atoms with van der Waals surface area (Å²) in [7, 11) is 0. The van der Waals surface area contributed by atoms with Crippen molar-refractivity contribution >= 4 is 11.9 Å². The fourth-order valence-corrected chi connectivity index (χ4v) is 7.14. The molecule has 0 rings (SSSR count). The Morgan fingerprint density at radius 1 is 0.527 bits per heavy atom. The molecule has 0 aromatic rings. The highest BCUT2D eigenvalue weighted by Gasteiger charge is 2.24. The maximum atomic E-state index is 13.1. The Morgan fingerprint density at radius 2 is 0.927 bits per heavy atom. The number of nitrogens with one attached hydrogen (secondary N) is 1. The van der Waals surface area contributed by atoms with E-state index in [2.05, 4.69) is 62.5 Å². The molecule has 0 spiro atoms. The SMILES string of the molecule is CCCCCCC/C=C/C=C/C=C/CCCCCCCC(=O)OC(CCCCCCCCCCC)CC(=O)NC(CO)C(O)CCCCCCCCCCC. The predicted octanol–water partition coefficient (Wildman–Crippen LogP) is 13.7. The molecular weight excluding hydrogens is 683 g/mol. The van der Waals surface area contributed by atoms with Crippen molar-refractivity contribution in [2.75, 3.05) is 6.61 Å². The predicted molar refractivity (Wildman–Crippen MR) is 236 cm³/mol. The molecular formula is C49H91NO5. The van der Waals surface area contributed by atoms with Crippen molar-refractivity contribution in [3.8, 4) is 0 Å². The van der Waals surface area contributed by atoms with Crippen LogP contribution in [0.25, 0.3) is 0 Å². The van der Waals surface area contributed by atoms with E-state index < -0.39 is 18.2 Å². The van der Waals surface area contributed by atoms with Crippen molar-refractivity contribution < 1.29 is 24.5 Å². The fraction of sp³-hybridized carbons (Fsp3) is 0.837. The molecule has 0 aliphatic carbocycles. The lowest BCUT2D eigenvalue weighted by atomic mass is 10.0. The van der Waals surface area contributed by atoms with Gasteiger partial charge in [-0.15, -0.1) is 0 Å². The zero-order valence-electron chi connectivity index (χ0n) is 36.6. The Hall–Kier alpha value is -1.92. The van der Waals surface area contributed by atoms with Crippen molar-refractivity contribution in [2.24, 2.45) is 0 Å². The topological polar surface area (TPSA) is 95.9 Å². The van der Waals surface area contributed by atoms with Gasteiger partial charge in [-0.05, 0) is 51.4 Å².